The minimum atomic E-state index is -0.139. The van der Waals surface area contributed by atoms with Gasteiger partial charge in [-0.3, -0.25) is 4.79 Å². The zero-order valence-corrected chi connectivity index (χ0v) is 13.0. The number of carbonyl (C=O) groups is 1. The average Bonchev–Trinajstić information content (AvgIpc) is 2.98. The predicted molar refractivity (Wildman–Crippen MR) is 84.9 cm³/mol. The van der Waals surface area contributed by atoms with Gasteiger partial charge in [0.15, 0.2) is 0 Å². The number of rotatable bonds is 4. The topological polar surface area (TPSA) is 41.1 Å². The Morgan fingerprint density at radius 2 is 2.14 bits per heavy atom. The van der Waals surface area contributed by atoms with Gasteiger partial charge >= 0.3 is 0 Å². The molecule has 21 heavy (non-hydrogen) atoms. The lowest BCUT2D eigenvalue weighted by Gasteiger charge is -2.37. The molecule has 2 N–H and O–H groups in total. The number of nitrogens with one attached hydrogen (secondary N) is 2. The van der Waals surface area contributed by atoms with Gasteiger partial charge in [-0.25, -0.2) is 0 Å². The van der Waals surface area contributed by atoms with Crippen LogP contribution in [0.1, 0.15) is 43.7 Å². The van der Waals surface area contributed by atoms with Crippen LogP contribution in [0.25, 0.3) is 0 Å². The Kier molecular flexibility index (Phi) is 4.29. The Morgan fingerprint density at radius 3 is 2.95 bits per heavy atom. The summed E-state index contributed by atoms with van der Waals surface area (Å²) in [5.74, 6) is 0.802. The van der Waals surface area contributed by atoms with Crippen LogP contribution in [0.3, 0.4) is 0 Å². The van der Waals surface area contributed by atoms with Gasteiger partial charge in [0.2, 0.25) is 5.91 Å². The van der Waals surface area contributed by atoms with Crippen LogP contribution >= 0.6 is 0 Å². The Bertz CT molecular complexity index is 514. The van der Waals surface area contributed by atoms with Gasteiger partial charge < -0.3 is 10.6 Å². The summed E-state index contributed by atoms with van der Waals surface area (Å²) >= 11 is 0. The second kappa shape index (κ2) is 6.18. The van der Waals surface area contributed by atoms with Gasteiger partial charge in [0.1, 0.15) is 0 Å². The standard InChI is InChI=1S/C18H26N2O/c1-2-14-7-3-4-8-15(14)11-20-17(21)18-10-6-5-9-16(18)12-19-13-18/h3-4,7-8,16,19H,2,5-6,9-13H2,1H3,(H,20,21)/t16-,18+/m0/s1. The largest absolute Gasteiger partial charge is 0.351 e. The third-order valence-corrected chi connectivity index (χ3v) is 5.43. The van der Waals surface area contributed by atoms with E-state index in [2.05, 4.69) is 41.8 Å². The lowest BCUT2D eigenvalue weighted by atomic mass is 9.67. The van der Waals surface area contributed by atoms with Crippen LogP contribution in [0.5, 0.6) is 0 Å². The van der Waals surface area contributed by atoms with Crippen molar-refractivity contribution in [2.75, 3.05) is 13.1 Å². The zero-order valence-electron chi connectivity index (χ0n) is 13.0. The third-order valence-electron chi connectivity index (χ3n) is 5.43. The molecule has 1 amide bonds. The fourth-order valence-corrected chi connectivity index (χ4v) is 4.12. The molecule has 3 heteroatoms. The van der Waals surface area contributed by atoms with Crippen molar-refractivity contribution in [1.29, 1.82) is 0 Å². The molecule has 0 spiro atoms. The molecule has 1 aliphatic heterocycles. The fourth-order valence-electron chi connectivity index (χ4n) is 4.12. The predicted octanol–water partition coefficient (Wildman–Crippen LogP) is 2.65. The number of carbonyl (C=O) groups excluding carboxylic acids is 1. The van der Waals surface area contributed by atoms with Crippen molar-refractivity contribution in [2.45, 2.75) is 45.6 Å². The van der Waals surface area contributed by atoms with Crippen molar-refractivity contribution < 1.29 is 4.79 Å². The maximum Gasteiger partial charge on any atom is 0.228 e. The van der Waals surface area contributed by atoms with E-state index in [1.54, 1.807) is 0 Å². The summed E-state index contributed by atoms with van der Waals surface area (Å²) in [6.45, 7) is 4.70. The maximum absolute atomic E-state index is 12.8. The highest BCUT2D eigenvalue weighted by atomic mass is 16.2. The first-order valence-corrected chi connectivity index (χ1v) is 8.32. The van der Waals surface area contributed by atoms with E-state index in [4.69, 9.17) is 0 Å². The van der Waals surface area contributed by atoms with E-state index < -0.39 is 0 Å². The third kappa shape index (κ3) is 2.71. The van der Waals surface area contributed by atoms with Crippen molar-refractivity contribution in [3.05, 3.63) is 35.4 Å². The molecule has 0 bridgehead atoms. The molecular weight excluding hydrogens is 260 g/mol. The number of hydrogen-bond donors (Lipinski definition) is 2. The lowest BCUT2D eigenvalue weighted by molar-refractivity contribution is -0.134. The Hall–Kier alpha value is -1.35. The van der Waals surface area contributed by atoms with Crippen molar-refractivity contribution in [1.82, 2.24) is 10.6 Å². The SMILES string of the molecule is CCc1ccccc1CNC(=O)[C@@]12CCCC[C@H]1CNC2. The molecule has 1 aromatic carbocycles. The van der Waals surface area contributed by atoms with Gasteiger partial charge in [-0.2, -0.15) is 0 Å². The number of aryl methyl sites for hydroxylation is 1. The minimum absolute atomic E-state index is 0.139. The van der Waals surface area contributed by atoms with Gasteiger partial charge in [-0.1, -0.05) is 44.0 Å². The summed E-state index contributed by atoms with van der Waals surface area (Å²) in [5.41, 5.74) is 2.45. The second-order valence-electron chi connectivity index (χ2n) is 6.53. The monoisotopic (exact) mass is 286 g/mol. The Labute approximate surface area is 127 Å². The number of hydrogen-bond acceptors (Lipinski definition) is 2. The van der Waals surface area contributed by atoms with Crippen molar-refractivity contribution in [2.24, 2.45) is 11.3 Å². The molecule has 2 fully saturated rings. The quantitative estimate of drug-likeness (QED) is 0.893. The summed E-state index contributed by atoms with van der Waals surface area (Å²) in [6, 6.07) is 8.41. The molecule has 1 saturated carbocycles. The lowest BCUT2D eigenvalue weighted by Crippen LogP contribution is -2.47. The van der Waals surface area contributed by atoms with E-state index in [1.807, 2.05) is 0 Å². The first-order valence-electron chi connectivity index (χ1n) is 8.32. The van der Waals surface area contributed by atoms with Crippen LogP contribution in [0, 0.1) is 11.3 Å². The molecule has 1 heterocycles. The van der Waals surface area contributed by atoms with E-state index in [-0.39, 0.29) is 11.3 Å². The molecule has 2 atom stereocenters. The molecule has 1 aromatic rings. The number of benzene rings is 1. The summed E-state index contributed by atoms with van der Waals surface area (Å²) in [6.07, 6.45) is 5.73. The molecule has 1 aliphatic carbocycles. The van der Waals surface area contributed by atoms with Crippen LogP contribution in [0.2, 0.25) is 0 Å². The minimum Gasteiger partial charge on any atom is -0.351 e. The van der Waals surface area contributed by atoms with Crippen LogP contribution in [-0.2, 0) is 17.8 Å². The molecular formula is C18H26N2O. The van der Waals surface area contributed by atoms with Crippen LogP contribution in [0.4, 0.5) is 0 Å². The highest BCUT2D eigenvalue weighted by molar-refractivity contribution is 5.83. The number of fused-ring (bicyclic) bond motifs is 1. The zero-order chi connectivity index (χ0) is 14.7. The molecule has 1 saturated heterocycles. The van der Waals surface area contributed by atoms with Crippen molar-refractivity contribution in [3.8, 4) is 0 Å². The Morgan fingerprint density at radius 1 is 1.33 bits per heavy atom. The average molecular weight is 286 g/mol. The van der Waals surface area contributed by atoms with E-state index in [9.17, 15) is 4.79 Å². The van der Waals surface area contributed by atoms with Gasteiger partial charge in [0.05, 0.1) is 5.41 Å². The number of amides is 1. The Balaban J connectivity index is 1.68. The molecule has 0 aromatic heterocycles. The van der Waals surface area contributed by atoms with Crippen LogP contribution in [-0.4, -0.2) is 19.0 Å². The normalized spacial score (nSPS) is 28.1. The van der Waals surface area contributed by atoms with E-state index >= 15 is 0 Å². The van der Waals surface area contributed by atoms with Crippen LogP contribution < -0.4 is 10.6 Å². The summed E-state index contributed by atoms with van der Waals surface area (Å²) in [7, 11) is 0. The van der Waals surface area contributed by atoms with Crippen molar-refractivity contribution >= 4 is 5.91 Å². The van der Waals surface area contributed by atoms with Gasteiger partial charge in [0.25, 0.3) is 0 Å². The summed E-state index contributed by atoms with van der Waals surface area (Å²) in [5, 5.41) is 6.67. The molecule has 3 rings (SSSR count). The van der Waals surface area contributed by atoms with Crippen LogP contribution in [0.15, 0.2) is 24.3 Å². The first kappa shape index (κ1) is 14.6. The summed E-state index contributed by atoms with van der Waals surface area (Å²) < 4.78 is 0. The smallest absolute Gasteiger partial charge is 0.228 e. The molecule has 114 valence electrons. The van der Waals surface area contributed by atoms with E-state index in [1.165, 1.54) is 30.4 Å². The molecule has 0 unspecified atom stereocenters. The van der Waals surface area contributed by atoms with E-state index in [0.29, 0.717) is 12.5 Å². The molecule has 0 radical (unpaired) electrons. The highest BCUT2D eigenvalue weighted by Crippen LogP contribution is 2.43. The molecule has 2 aliphatic rings. The van der Waals surface area contributed by atoms with Crippen molar-refractivity contribution in [3.63, 3.8) is 0 Å². The van der Waals surface area contributed by atoms with E-state index in [0.717, 1.165) is 25.9 Å². The summed E-state index contributed by atoms with van der Waals surface area (Å²) in [4.78, 5) is 12.8. The van der Waals surface area contributed by atoms with Gasteiger partial charge in [-0.15, -0.1) is 0 Å². The first-order chi connectivity index (χ1) is 10.3. The van der Waals surface area contributed by atoms with Gasteiger partial charge in [0, 0.05) is 13.1 Å². The van der Waals surface area contributed by atoms with Gasteiger partial charge in [-0.05, 0) is 42.9 Å². The highest BCUT2D eigenvalue weighted by Gasteiger charge is 2.49. The second-order valence-corrected chi connectivity index (χ2v) is 6.53. The maximum atomic E-state index is 12.8. The fraction of sp³-hybridized carbons (Fsp3) is 0.611. The molecule has 3 nitrogen and oxygen atoms in total.